The summed E-state index contributed by atoms with van der Waals surface area (Å²) >= 11 is 0. The molecule has 0 saturated heterocycles. The Hall–Kier alpha value is -0.120. The van der Waals surface area contributed by atoms with Crippen LogP contribution in [-0.4, -0.2) is 30.6 Å². The predicted octanol–water partition coefficient (Wildman–Crippen LogP) is 3.44. The molecule has 1 aliphatic carbocycles. The number of rotatable bonds is 10. The molecule has 0 radical (unpaired) electrons. The summed E-state index contributed by atoms with van der Waals surface area (Å²) < 4.78 is 0. The SMILES string of the molecule is CCCCCCCCC(NN)C1(N(C)C)CCCC1. The third-order valence-electron chi connectivity index (χ3n) is 5.06. The summed E-state index contributed by atoms with van der Waals surface area (Å²) in [5.74, 6) is 5.86. The molecular formula is C16H35N3. The third-order valence-corrected chi connectivity index (χ3v) is 5.06. The number of hydrogen-bond donors (Lipinski definition) is 2. The summed E-state index contributed by atoms with van der Waals surface area (Å²) in [6.45, 7) is 2.27. The van der Waals surface area contributed by atoms with Gasteiger partial charge in [-0.3, -0.25) is 11.3 Å². The molecule has 3 heteroatoms. The van der Waals surface area contributed by atoms with Gasteiger partial charge in [0.2, 0.25) is 0 Å². The number of nitrogens with one attached hydrogen (secondary N) is 1. The lowest BCUT2D eigenvalue weighted by Gasteiger charge is -2.43. The van der Waals surface area contributed by atoms with Gasteiger partial charge in [0.25, 0.3) is 0 Å². The molecule has 1 saturated carbocycles. The maximum Gasteiger partial charge on any atom is 0.0394 e. The first kappa shape index (κ1) is 16.9. The number of hydrogen-bond acceptors (Lipinski definition) is 3. The lowest BCUT2D eigenvalue weighted by Crippen LogP contribution is -2.59. The molecule has 114 valence electrons. The first-order valence-electron chi connectivity index (χ1n) is 8.31. The maximum atomic E-state index is 5.86. The van der Waals surface area contributed by atoms with Crippen molar-refractivity contribution in [1.29, 1.82) is 0 Å². The second kappa shape index (κ2) is 8.93. The quantitative estimate of drug-likeness (QED) is 0.363. The largest absolute Gasteiger partial charge is 0.302 e. The highest BCUT2D eigenvalue weighted by molar-refractivity contribution is 5.01. The van der Waals surface area contributed by atoms with Gasteiger partial charge in [-0.05, 0) is 33.4 Å². The van der Waals surface area contributed by atoms with Crippen molar-refractivity contribution in [3.05, 3.63) is 0 Å². The minimum absolute atomic E-state index is 0.304. The standard InChI is InChI=1S/C16H35N3/c1-4-5-6-7-8-9-12-15(18-17)16(19(2)3)13-10-11-14-16/h15,18H,4-14,17H2,1-3H3. The Kier molecular flexibility index (Phi) is 7.96. The van der Waals surface area contributed by atoms with Gasteiger partial charge in [-0.1, -0.05) is 58.3 Å². The molecule has 0 aromatic carbocycles. The van der Waals surface area contributed by atoms with E-state index < -0.39 is 0 Å². The van der Waals surface area contributed by atoms with Crippen molar-refractivity contribution in [1.82, 2.24) is 10.3 Å². The average Bonchev–Trinajstić information content (AvgIpc) is 2.88. The molecule has 1 atom stereocenters. The fourth-order valence-electron chi connectivity index (χ4n) is 3.73. The lowest BCUT2D eigenvalue weighted by atomic mass is 9.84. The van der Waals surface area contributed by atoms with E-state index in [9.17, 15) is 0 Å². The number of unbranched alkanes of at least 4 members (excludes halogenated alkanes) is 5. The lowest BCUT2D eigenvalue weighted by molar-refractivity contribution is 0.0985. The Morgan fingerprint density at radius 3 is 2.16 bits per heavy atom. The van der Waals surface area contributed by atoms with Crippen LogP contribution in [0.1, 0.15) is 77.6 Å². The van der Waals surface area contributed by atoms with Crippen LogP contribution in [0.5, 0.6) is 0 Å². The minimum Gasteiger partial charge on any atom is -0.302 e. The summed E-state index contributed by atoms with van der Waals surface area (Å²) in [6, 6.07) is 0.455. The minimum atomic E-state index is 0.304. The van der Waals surface area contributed by atoms with Gasteiger partial charge >= 0.3 is 0 Å². The first-order valence-corrected chi connectivity index (χ1v) is 8.31. The van der Waals surface area contributed by atoms with Crippen molar-refractivity contribution in [2.45, 2.75) is 89.1 Å². The van der Waals surface area contributed by atoms with Gasteiger partial charge in [0.15, 0.2) is 0 Å². The molecule has 3 N–H and O–H groups in total. The van der Waals surface area contributed by atoms with Gasteiger partial charge in [0, 0.05) is 11.6 Å². The highest BCUT2D eigenvalue weighted by atomic mass is 15.3. The molecule has 0 aromatic rings. The van der Waals surface area contributed by atoms with Crippen LogP contribution >= 0.6 is 0 Å². The van der Waals surface area contributed by atoms with Gasteiger partial charge in [-0.25, -0.2) is 0 Å². The van der Waals surface area contributed by atoms with Crippen molar-refractivity contribution in [3.63, 3.8) is 0 Å². The van der Waals surface area contributed by atoms with Crippen LogP contribution in [0.3, 0.4) is 0 Å². The van der Waals surface area contributed by atoms with Gasteiger partial charge in [-0.2, -0.15) is 0 Å². The van der Waals surface area contributed by atoms with Crippen molar-refractivity contribution >= 4 is 0 Å². The average molecular weight is 269 g/mol. The number of nitrogens with two attached hydrogens (primary N) is 1. The molecule has 0 bridgehead atoms. The molecule has 0 amide bonds. The van der Waals surface area contributed by atoms with Crippen molar-refractivity contribution < 1.29 is 0 Å². The van der Waals surface area contributed by atoms with E-state index in [-0.39, 0.29) is 0 Å². The van der Waals surface area contributed by atoms with Gasteiger partial charge in [-0.15, -0.1) is 0 Å². The molecule has 0 heterocycles. The van der Waals surface area contributed by atoms with Crippen LogP contribution in [0.25, 0.3) is 0 Å². The molecule has 3 nitrogen and oxygen atoms in total. The molecule has 0 aliphatic heterocycles. The summed E-state index contributed by atoms with van der Waals surface area (Å²) in [4.78, 5) is 2.42. The Bertz CT molecular complexity index is 222. The molecule has 1 unspecified atom stereocenters. The molecule has 0 aromatic heterocycles. The predicted molar refractivity (Wildman–Crippen MR) is 84.0 cm³/mol. The Morgan fingerprint density at radius 2 is 1.63 bits per heavy atom. The third kappa shape index (κ3) is 4.73. The van der Waals surface area contributed by atoms with E-state index in [1.165, 1.54) is 70.6 Å². The Morgan fingerprint density at radius 1 is 1.05 bits per heavy atom. The van der Waals surface area contributed by atoms with E-state index in [1.807, 2.05) is 0 Å². The van der Waals surface area contributed by atoms with Crippen molar-refractivity contribution in [2.75, 3.05) is 14.1 Å². The molecule has 19 heavy (non-hydrogen) atoms. The summed E-state index contributed by atoms with van der Waals surface area (Å²) in [7, 11) is 4.44. The summed E-state index contributed by atoms with van der Waals surface area (Å²) in [5, 5.41) is 0. The monoisotopic (exact) mass is 269 g/mol. The van der Waals surface area contributed by atoms with Crippen molar-refractivity contribution in [2.24, 2.45) is 5.84 Å². The Balaban J connectivity index is 2.35. The second-order valence-corrected chi connectivity index (χ2v) is 6.48. The zero-order valence-corrected chi connectivity index (χ0v) is 13.4. The molecule has 1 fully saturated rings. The van der Waals surface area contributed by atoms with Gasteiger partial charge in [0.05, 0.1) is 0 Å². The number of nitrogens with zero attached hydrogens (tertiary/aromatic N) is 1. The van der Waals surface area contributed by atoms with E-state index in [0.29, 0.717) is 11.6 Å². The smallest absolute Gasteiger partial charge is 0.0394 e. The van der Waals surface area contributed by atoms with Crippen LogP contribution < -0.4 is 11.3 Å². The maximum absolute atomic E-state index is 5.86. The van der Waals surface area contributed by atoms with E-state index >= 15 is 0 Å². The number of hydrazine groups is 1. The van der Waals surface area contributed by atoms with Crippen LogP contribution in [-0.2, 0) is 0 Å². The topological polar surface area (TPSA) is 41.3 Å². The van der Waals surface area contributed by atoms with E-state index in [0.717, 1.165) is 0 Å². The van der Waals surface area contributed by atoms with E-state index in [1.54, 1.807) is 0 Å². The summed E-state index contributed by atoms with van der Waals surface area (Å²) in [5.41, 5.74) is 3.43. The zero-order chi connectivity index (χ0) is 14.1. The highest BCUT2D eigenvalue weighted by Gasteiger charge is 2.42. The van der Waals surface area contributed by atoms with Gasteiger partial charge in [0.1, 0.15) is 0 Å². The first-order chi connectivity index (χ1) is 9.17. The molecule has 1 aliphatic rings. The van der Waals surface area contributed by atoms with Crippen LogP contribution in [0, 0.1) is 0 Å². The zero-order valence-electron chi connectivity index (χ0n) is 13.4. The van der Waals surface area contributed by atoms with E-state index in [4.69, 9.17) is 5.84 Å². The van der Waals surface area contributed by atoms with Crippen LogP contribution in [0.2, 0.25) is 0 Å². The fraction of sp³-hybridized carbons (Fsp3) is 1.00. The van der Waals surface area contributed by atoms with Gasteiger partial charge < -0.3 is 4.90 Å². The fourth-order valence-corrected chi connectivity index (χ4v) is 3.73. The number of likely N-dealkylation sites (N-methyl/N-ethyl adjacent to an activating group) is 1. The highest BCUT2D eigenvalue weighted by Crippen LogP contribution is 2.38. The summed E-state index contributed by atoms with van der Waals surface area (Å²) in [6.07, 6.45) is 14.7. The normalized spacial score (nSPS) is 20.1. The molecule has 0 spiro atoms. The molecular weight excluding hydrogens is 234 g/mol. The Labute approximate surface area is 120 Å². The van der Waals surface area contributed by atoms with Crippen molar-refractivity contribution in [3.8, 4) is 0 Å². The van der Waals surface area contributed by atoms with Crippen LogP contribution in [0.4, 0.5) is 0 Å². The molecule has 1 rings (SSSR count). The second-order valence-electron chi connectivity index (χ2n) is 6.48. The van der Waals surface area contributed by atoms with Crippen LogP contribution in [0.15, 0.2) is 0 Å². The van der Waals surface area contributed by atoms with E-state index in [2.05, 4.69) is 31.3 Å².